The first-order chi connectivity index (χ1) is 7.16. The molecule has 1 aromatic rings. The van der Waals surface area contributed by atoms with Crippen LogP contribution in [0.25, 0.3) is 0 Å². The highest BCUT2D eigenvalue weighted by Crippen LogP contribution is 2.32. The summed E-state index contributed by atoms with van der Waals surface area (Å²) in [7, 11) is 0. The molecule has 4 heteroatoms. The fraction of sp³-hybridized carbons (Fsp3) is 0.818. The maximum atomic E-state index is 4.23. The van der Waals surface area contributed by atoms with Crippen LogP contribution in [0.5, 0.6) is 0 Å². The highest BCUT2D eigenvalue weighted by Gasteiger charge is 2.21. The molecular weight excluding hydrogens is 254 g/mol. The fourth-order valence-corrected chi connectivity index (χ4v) is 2.50. The minimum absolute atomic E-state index is 0.298. The van der Waals surface area contributed by atoms with Gasteiger partial charge in [-0.1, -0.05) is 40.9 Å². The van der Waals surface area contributed by atoms with Gasteiger partial charge in [-0.2, -0.15) is 0 Å². The number of rotatable bonds is 2. The SMILES string of the molecule is CC1CCCC(n2cc(C(C)Br)nn2)C1. The molecule has 1 fully saturated rings. The van der Waals surface area contributed by atoms with Crippen molar-refractivity contribution in [2.45, 2.75) is 50.4 Å². The standard InChI is InChI=1S/C11H18BrN3/c1-8-4-3-5-10(6-8)15-7-11(9(2)12)13-14-15/h7-10H,3-6H2,1-2H3. The normalized spacial score (nSPS) is 29.0. The van der Waals surface area contributed by atoms with E-state index in [1.54, 1.807) is 0 Å². The van der Waals surface area contributed by atoms with E-state index in [1.807, 2.05) is 0 Å². The summed E-state index contributed by atoms with van der Waals surface area (Å²) >= 11 is 3.52. The number of hydrogen-bond donors (Lipinski definition) is 0. The van der Waals surface area contributed by atoms with E-state index in [2.05, 4.69) is 51.0 Å². The van der Waals surface area contributed by atoms with Crippen molar-refractivity contribution in [3.63, 3.8) is 0 Å². The van der Waals surface area contributed by atoms with E-state index < -0.39 is 0 Å². The van der Waals surface area contributed by atoms with Gasteiger partial charge in [-0.3, -0.25) is 0 Å². The zero-order chi connectivity index (χ0) is 10.8. The molecule has 3 nitrogen and oxygen atoms in total. The quantitative estimate of drug-likeness (QED) is 0.771. The van der Waals surface area contributed by atoms with Crippen LogP contribution in [0.3, 0.4) is 0 Å². The van der Waals surface area contributed by atoms with Crippen LogP contribution in [0, 0.1) is 5.92 Å². The van der Waals surface area contributed by atoms with Gasteiger partial charge in [0.1, 0.15) is 0 Å². The third kappa shape index (κ3) is 2.60. The minimum atomic E-state index is 0.298. The fourth-order valence-electron chi connectivity index (χ4n) is 2.29. The molecule has 0 aliphatic heterocycles. The third-order valence-electron chi connectivity index (χ3n) is 3.22. The predicted molar refractivity (Wildman–Crippen MR) is 64.0 cm³/mol. The van der Waals surface area contributed by atoms with Crippen LogP contribution in [-0.2, 0) is 0 Å². The van der Waals surface area contributed by atoms with Crippen LogP contribution >= 0.6 is 15.9 Å². The lowest BCUT2D eigenvalue weighted by atomic mass is 9.87. The van der Waals surface area contributed by atoms with Crippen LogP contribution < -0.4 is 0 Å². The van der Waals surface area contributed by atoms with Gasteiger partial charge in [-0.05, 0) is 25.7 Å². The predicted octanol–water partition coefficient (Wildman–Crippen LogP) is 3.49. The zero-order valence-corrected chi connectivity index (χ0v) is 10.9. The summed E-state index contributed by atoms with van der Waals surface area (Å²) in [5.41, 5.74) is 1.04. The van der Waals surface area contributed by atoms with Crippen LogP contribution in [0.4, 0.5) is 0 Å². The Morgan fingerprint density at radius 1 is 1.53 bits per heavy atom. The Hall–Kier alpha value is -0.380. The van der Waals surface area contributed by atoms with Crippen molar-refractivity contribution >= 4 is 15.9 Å². The average molecular weight is 272 g/mol. The number of nitrogens with zero attached hydrogens (tertiary/aromatic N) is 3. The Balaban J connectivity index is 2.08. The summed E-state index contributed by atoms with van der Waals surface area (Å²) < 4.78 is 2.06. The Labute approximate surface area is 99.4 Å². The van der Waals surface area contributed by atoms with Gasteiger partial charge in [0.25, 0.3) is 0 Å². The smallest absolute Gasteiger partial charge is 0.0960 e. The van der Waals surface area contributed by atoms with Crippen molar-refractivity contribution in [3.05, 3.63) is 11.9 Å². The molecular formula is C11H18BrN3. The molecule has 0 aromatic carbocycles. The maximum Gasteiger partial charge on any atom is 0.0960 e. The lowest BCUT2D eigenvalue weighted by molar-refractivity contribution is 0.263. The first kappa shape index (κ1) is 11.1. The van der Waals surface area contributed by atoms with Gasteiger partial charge in [0, 0.05) is 6.20 Å². The third-order valence-corrected chi connectivity index (χ3v) is 3.69. The molecule has 1 aliphatic carbocycles. The van der Waals surface area contributed by atoms with Crippen molar-refractivity contribution in [2.24, 2.45) is 5.92 Å². The lowest BCUT2D eigenvalue weighted by Gasteiger charge is -2.26. The summed E-state index contributed by atoms with van der Waals surface area (Å²) in [6.07, 6.45) is 7.28. The van der Waals surface area contributed by atoms with E-state index in [0.29, 0.717) is 10.9 Å². The molecule has 1 aliphatic rings. The van der Waals surface area contributed by atoms with Crippen molar-refractivity contribution in [1.29, 1.82) is 0 Å². The van der Waals surface area contributed by atoms with Gasteiger partial charge in [-0.25, -0.2) is 4.68 Å². The number of hydrogen-bond acceptors (Lipinski definition) is 2. The first-order valence-corrected chi connectivity index (χ1v) is 6.64. The molecule has 84 valence electrons. The molecule has 1 aromatic heterocycles. The first-order valence-electron chi connectivity index (χ1n) is 5.72. The van der Waals surface area contributed by atoms with Crippen LogP contribution in [0.1, 0.15) is 56.1 Å². The highest BCUT2D eigenvalue weighted by molar-refractivity contribution is 9.09. The molecule has 3 atom stereocenters. The Morgan fingerprint density at radius 2 is 2.33 bits per heavy atom. The molecule has 15 heavy (non-hydrogen) atoms. The zero-order valence-electron chi connectivity index (χ0n) is 9.36. The largest absolute Gasteiger partial charge is 0.249 e. The van der Waals surface area contributed by atoms with E-state index in [1.165, 1.54) is 25.7 Å². The molecule has 0 bridgehead atoms. The Bertz CT molecular complexity index is 321. The highest BCUT2D eigenvalue weighted by atomic mass is 79.9. The second-order valence-electron chi connectivity index (χ2n) is 4.67. The van der Waals surface area contributed by atoms with E-state index in [4.69, 9.17) is 0 Å². The number of aromatic nitrogens is 3. The summed E-state index contributed by atoms with van der Waals surface area (Å²) in [4.78, 5) is 0.298. The molecule has 2 rings (SSSR count). The second kappa shape index (κ2) is 4.64. The van der Waals surface area contributed by atoms with Crippen molar-refractivity contribution in [2.75, 3.05) is 0 Å². The molecule has 0 N–H and O–H groups in total. The summed E-state index contributed by atoms with van der Waals surface area (Å²) in [6.45, 7) is 4.41. The van der Waals surface area contributed by atoms with Gasteiger partial charge in [0.15, 0.2) is 0 Å². The molecule has 3 unspecified atom stereocenters. The lowest BCUT2D eigenvalue weighted by Crippen LogP contribution is -2.18. The van der Waals surface area contributed by atoms with Gasteiger partial charge in [-0.15, -0.1) is 5.10 Å². The summed E-state index contributed by atoms with van der Waals surface area (Å²) in [5.74, 6) is 0.831. The van der Waals surface area contributed by atoms with Crippen molar-refractivity contribution < 1.29 is 0 Å². The van der Waals surface area contributed by atoms with Crippen molar-refractivity contribution in [1.82, 2.24) is 15.0 Å². The molecule has 0 radical (unpaired) electrons. The molecule has 0 saturated heterocycles. The van der Waals surface area contributed by atoms with E-state index in [-0.39, 0.29) is 0 Å². The van der Waals surface area contributed by atoms with Crippen LogP contribution in [0.15, 0.2) is 6.20 Å². The van der Waals surface area contributed by atoms with Crippen LogP contribution in [-0.4, -0.2) is 15.0 Å². The van der Waals surface area contributed by atoms with E-state index in [0.717, 1.165) is 11.6 Å². The minimum Gasteiger partial charge on any atom is -0.249 e. The second-order valence-corrected chi connectivity index (χ2v) is 6.04. The molecule has 0 spiro atoms. The van der Waals surface area contributed by atoms with Gasteiger partial charge in [0.2, 0.25) is 0 Å². The topological polar surface area (TPSA) is 30.7 Å². The molecule has 1 saturated carbocycles. The number of halogens is 1. The Morgan fingerprint density at radius 3 is 2.93 bits per heavy atom. The van der Waals surface area contributed by atoms with E-state index in [9.17, 15) is 0 Å². The molecule has 0 amide bonds. The van der Waals surface area contributed by atoms with Gasteiger partial charge < -0.3 is 0 Å². The average Bonchev–Trinajstić information content (AvgIpc) is 2.66. The molecule has 1 heterocycles. The van der Waals surface area contributed by atoms with E-state index >= 15 is 0 Å². The summed E-state index contributed by atoms with van der Waals surface area (Å²) in [6, 6.07) is 0.571. The summed E-state index contributed by atoms with van der Waals surface area (Å²) in [5, 5.41) is 8.41. The monoisotopic (exact) mass is 271 g/mol. The van der Waals surface area contributed by atoms with Crippen LogP contribution in [0.2, 0.25) is 0 Å². The number of alkyl halides is 1. The van der Waals surface area contributed by atoms with Crippen molar-refractivity contribution in [3.8, 4) is 0 Å². The Kier molecular flexibility index (Phi) is 3.44. The maximum absolute atomic E-state index is 4.23. The van der Waals surface area contributed by atoms with Gasteiger partial charge in [0.05, 0.1) is 16.6 Å². The van der Waals surface area contributed by atoms with Gasteiger partial charge >= 0.3 is 0 Å².